The SMILES string of the molecule is C/C(=C\c1ccc(F)cc1)C(=O)N1CC[C@@H](N)C1.Cl. The van der Waals surface area contributed by atoms with Gasteiger partial charge in [0.1, 0.15) is 5.82 Å². The number of nitrogens with zero attached hydrogens (tertiary/aromatic N) is 1. The fraction of sp³-hybridized carbons (Fsp3) is 0.357. The maximum Gasteiger partial charge on any atom is 0.249 e. The summed E-state index contributed by atoms with van der Waals surface area (Å²) in [6, 6.07) is 6.17. The molecule has 1 atom stereocenters. The van der Waals surface area contributed by atoms with Gasteiger partial charge in [0.2, 0.25) is 5.91 Å². The Morgan fingerprint density at radius 2 is 2.05 bits per heavy atom. The van der Waals surface area contributed by atoms with Gasteiger partial charge >= 0.3 is 0 Å². The average molecular weight is 285 g/mol. The quantitative estimate of drug-likeness (QED) is 0.847. The van der Waals surface area contributed by atoms with Crippen LogP contribution in [0.15, 0.2) is 29.8 Å². The van der Waals surface area contributed by atoms with Crippen LogP contribution in [0.2, 0.25) is 0 Å². The molecule has 1 saturated heterocycles. The van der Waals surface area contributed by atoms with Gasteiger partial charge in [-0.1, -0.05) is 12.1 Å². The molecule has 0 unspecified atom stereocenters. The zero-order valence-electron chi connectivity index (χ0n) is 10.8. The number of hydrogen-bond donors (Lipinski definition) is 1. The second-order valence-electron chi connectivity index (χ2n) is 4.68. The molecule has 0 radical (unpaired) electrons. The summed E-state index contributed by atoms with van der Waals surface area (Å²) in [5.74, 6) is -0.270. The molecular weight excluding hydrogens is 267 g/mol. The lowest BCUT2D eigenvalue weighted by molar-refractivity contribution is -0.126. The normalized spacial score (nSPS) is 19.2. The van der Waals surface area contributed by atoms with Gasteiger partial charge in [-0.3, -0.25) is 4.79 Å². The summed E-state index contributed by atoms with van der Waals surface area (Å²) in [5.41, 5.74) is 7.25. The number of amides is 1. The van der Waals surface area contributed by atoms with E-state index in [1.807, 2.05) is 0 Å². The summed E-state index contributed by atoms with van der Waals surface area (Å²) in [7, 11) is 0. The molecule has 0 aliphatic carbocycles. The third kappa shape index (κ3) is 4.04. The molecule has 0 spiro atoms. The van der Waals surface area contributed by atoms with Crippen molar-refractivity contribution < 1.29 is 9.18 Å². The van der Waals surface area contributed by atoms with Crippen LogP contribution in [0.1, 0.15) is 18.9 Å². The smallest absolute Gasteiger partial charge is 0.249 e. The molecule has 2 N–H and O–H groups in total. The molecule has 0 saturated carbocycles. The fourth-order valence-corrected chi connectivity index (χ4v) is 2.09. The maximum atomic E-state index is 12.8. The molecule has 1 aliphatic heterocycles. The summed E-state index contributed by atoms with van der Waals surface area (Å²) in [5, 5.41) is 0. The van der Waals surface area contributed by atoms with E-state index in [1.54, 1.807) is 30.0 Å². The van der Waals surface area contributed by atoms with Crippen molar-refractivity contribution in [3.8, 4) is 0 Å². The molecule has 19 heavy (non-hydrogen) atoms. The van der Waals surface area contributed by atoms with Crippen LogP contribution in [0.3, 0.4) is 0 Å². The highest BCUT2D eigenvalue weighted by atomic mass is 35.5. The molecule has 5 heteroatoms. The van der Waals surface area contributed by atoms with Gasteiger partial charge in [0.15, 0.2) is 0 Å². The number of nitrogens with two attached hydrogens (primary N) is 1. The number of halogens is 2. The van der Waals surface area contributed by atoms with Crippen LogP contribution in [-0.2, 0) is 4.79 Å². The lowest BCUT2D eigenvalue weighted by atomic mass is 10.1. The van der Waals surface area contributed by atoms with Crippen molar-refractivity contribution in [2.24, 2.45) is 5.73 Å². The van der Waals surface area contributed by atoms with Crippen LogP contribution in [-0.4, -0.2) is 29.9 Å². The molecule has 1 aliphatic rings. The number of benzene rings is 1. The van der Waals surface area contributed by atoms with Gasteiger partial charge in [0.05, 0.1) is 0 Å². The van der Waals surface area contributed by atoms with E-state index in [1.165, 1.54) is 12.1 Å². The van der Waals surface area contributed by atoms with Gasteiger partial charge in [-0.15, -0.1) is 12.4 Å². The Kier molecular flexibility index (Phi) is 5.51. The van der Waals surface area contributed by atoms with Crippen LogP contribution in [0.4, 0.5) is 4.39 Å². The lowest BCUT2D eigenvalue weighted by Crippen LogP contribution is -2.32. The number of rotatable bonds is 2. The van der Waals surface area contributed by atoms with Crippen LogP contribution in [0.25, 0.3) is 6.08 Å². The van der Waals surface area contributed by atoms with Crippen molar-refractivity contribution in [1.29, 1.82) is 0 Å². The van der Waals surface area contributed by atoms with Gasteiger partial charge in [-0.25, -0.2) is 4.39 Å². The second-order valence-corrected chi connectivity index (χ2v) is 4.68. The minimum atomic E-state index is -0.276. The van der Waals surface area contributed by atoms with Gasteiger partial charge in [-0.05, 0) is 37.1 Å². The highest BCUT2D eigenvalue weighted by molar-refractivity contribution is 5.97. The third-order valence-corrected chi connectivity index (χ3v) is 3.10. The number of likely N-dealkylation sites (tertiary alicyclic amines) is 1. The molecule has 2 rings (SSSR count). The summed E-state index contributed by atoms with van der Waals surface area (Å²) in [6.45, 7) is 3.11. The number of hydrogen-bond acceptors (Lipinski definition) is 2. The maximum absolute atomic E-state index is 12.8. The first kappa shape index (κ1) is 15.7. The molecule has 3 nitrogen and oxygen atoms in total. The summed E-state index contributed by atoms with van der Waals surface area (Å²) >= 11 is 0. The first-order valence-corrected chi connectivity index (χ1v) is 6.05. The minimum Gasteiger partial charge on any atom is -0.337 e. The van der Waals surface area contributed by atoms with Crippen molar-refractivity contribution in [3.05, 3.63) is 41.2 Å². The topological polar surface area (TPSA) is 46.3 Å². The second kappa shape index (κ2) is 6.68. The van der Waals surface area contributed by atoms with Gasteiger partial charge in [-0.2, -0.15) is 0 Å². The zero-order chi connectivity index (χ0) is 13.1. The van der Waals surface area contributed by atoms with E-state index in [9.17, 15) is 9.18 Å². The monoisotopic (exact) mass is 284 g/mol. The van der Waals surface area contributed by atoms with E-state index in [-0.39, 0.29) is 30.2 Å². The molecule has 1 fully saturated rings. The van der Waals surface area contributed by atoms with Crippen LogP contribution in [0, 0.1) is 5.82 Å². The Balaban J connectivity index is 0.00000180. The zero-order valence-corrected chi connectivity index (χ0v) is 11.6. The summed E-state index contributed by atoms with van der Waals surface area (Å²) in [4.78, 5) is 13.9. The standard InChI is InChI=1S/C14H17FN2O.ClH/c1-10(8-11-2-4-12(15)5-3-11)14(18)17-7-6-13(16)9-17;/h2-5,8,13H,6-7,9,16H2,1H3;1H/b10-8+;/t13-;/m1./s1. The lowest BCUT2D eigenvalue weighted by Gasteiger charge is -2.16. The van der Waals surface area contributed by atoms with Crippen molar-refractivity contribution >= 4 is 24.4 Å². The van der Waals surface area contributed by atoms with E-state index < -0.39 is 0 Å². The fourth-order valence-electron chi connectivity index (χ4n) is 2.09. The largest absolute Gasteiger partial charge is 0.337 e. The molecule has 0 aromatic heterocycles. The van der Waals surface area contributed by atoms with E-state index in [2.05, 4.69) is 0 Å². The predicted molar refractivity (Wildman–Crippen MR) is 76.5 cm³/mol. The number of carbonyl (C=O) groups excluding carboxylic acids is 1. The van der Waals surface area contributed by atoms with E-state index in [0.29, 0.717) is 18.7 Å². The third-order valence-electron chi connectivity index (χ3n) is 3.10. The number of carbonyl (C=O) groups is 1. The summed E-state index contributed by atoms with van der Waals surface area (Å²) in [6.07, 6.45) is 2.63. The van der Waals surface area contributed by atoms with Gasteiger partial charge in [0.25, 0.3) is 0 Å². The Morgan fingerprint density at radius 1 is 1.42 bits per heavy atom. The molecule has 104 valence electrons. The van der Waals surface area contributed by atoms with E-state index in [4.69, 9.17) is 5.73 Å². The highest BCUT2D eigenvalue weighted by Crippen LogP contribution is 2.14. The molecular formula is C14H18ClFN2O. The molecule has 1 aromatic rings. The van der Waals surface area contributed by atoms with E-state index >= 15 is 0 Å². The minimum absolute atomic E-state index is 0. The summed E-state index contributed by atoms with van der Waals surface area (Å²) < 4.78 is 12.8. The van der Waals surface area contributed by atoms with E-state index in [0.717, 1.165) is 12.0 Å². The van der Waals surface area contributed by atoms with Crippen molar-refractivity contribution in [1.82, 2.24) is 4.90 Å². The van der Waals surface area contributed by atoms with Gasteiger partial charge in [0, 0.05) is 24.7 Å². The first-order valence-electron chi connectivity index (χ1n) is 6.05. The molecule has 0 bridgehead atoms. The van der Waals surface area contributed by atoms with Gasteiger partial charge < -0.3 is 10.6 Å². The van der Waals surface area contributed by atoms with Crippen molar-refractivity contribution in [2.75, 3.05) is 13.1 Å². The van der Waals surface area contributed by atoms with Crippen LogP contribution < -0.4 is 5.73 Å². The van der Waals surface area contributed by atoms with Crippen molar-refractivity contribution in [3.63, 3.8) is 0 Å². The first-order chi connectivity index (χ1) is 8.56. The van der Waals surface area contributed by atoms with Crippen molar-refractivity contribution in [2.45, 2.75) is 19.4 Å². The Bertz CT molecular complexity index is 473. The Labute approximate surface area is 118 Å². The molecule has 1 amide bonds. The Hall–Kier alpha value is -1.39. The Morgan fingerprint density at radius 3 is 2.58 bits per heavy atom. The predicted octanol–water partition coefficient (Wildman–Crippen LogP) is 2.21. The van der Waals surface area contributed by atoms with Crippen LogP contribution in [0.5, 0.6) is 0 Å². The van der Waals surface area contributed by atoms with Crippen LogP contribution >= 0.6 is 12.4 Å². The highest BCUT2D eigenvalue weighted by Gasteiger charge is 2.24. The average Bonchev–Trinajstić information content (AvgIpc) is 2.78. The molecule has 1 aromatic carbocycles. The molecule has 1 heterocycles.